The van der Waals surface area contributed by atoms with E-state index in [1.807, 2.05) is 26.0 Å². The summed E-state index contributed by atoms with van der Waals surface area (Å²) in [5.41, 5.74) is 1.14. The van der Waals surface area contributed by atoms with E-state index in [4.69, 9.17) is 14.2 Å². The molecule has 0 saturated heterocycles. The average Bonchev–Trinajstić information content (AvgIpc) is 2.49. The van der Waals surface area contributed by atoms with E-state index in [1.165, 1.54) is 0 Å². The summed E-state index contributed by atoms with van der Waals surface area (Å²) in [7, 11) is 0. The zero-order valence-corrected chi connectivity index (χ0v) is 13.6. The van der Waals surface area contributed by atoms with Gasteiger partial charge in [0.1, 0.15) is 0 Å². The summed E-state index contributed by atoms with van der Waals surface area (Å²) in [6.45, 7) is 10.7. The van der Waals surface area contributed by atoms with Gasteiger partial charge in [0.05, 0.1) is 13.2 Å². The Morgan fingerprint density at radius 2 is 1.86 bits per heavy atom. The van der Waals surface area contributed by atoms with Crippen LogP contribution in [0.5, 0.6) is 11.5 Å². The van der Waals surface area contributed by atoms with Gasteiger partial charge in [0.2, 0.25) is 0 Å². The molecule has 0 aliphatic heterocycles. The maximum absolute atomic E-state index is 5.95. The van der Waals surface area contributed by atoms with Crippen molar-refractivity contribution >= 4 is 0 Å². The van der Waals surface area contributed by atoms with Crippen LogP contribution in [0.25, 0.3) is 0 Å². The quantitative estimate of drug-likeness (QED) is 0.600. The summed E-state index contributed by atoms with van der Waals surface area (Å²) in [5, 5.41) is 3.41. The van der Waals surface area contributed by atoms with Gasteiger partial charge in [0, 0.05) is 31.7 Å². The standard InChI is InChI=1S/C17H29NO3/c1-4-11-18-14-15-9-7-10-16(20-6-3)17(15)21-13-8-12-19-5-2/h7,9-10,18H,4-6,8,11-14H2,1-3H3. The second-order valence-electron chi connectivity index (χ2n) is 4.75. The minimum atomic E-state index is 0.640. The van der Waals surface area contributed by atoms with Gasteiger partial charge in [-0.2, -0.15) is 0 Å². The smallest absolute Gasteiger partial charge is 0.165 e. The molecule has 0 amide bonds. The largest absolute Gasteiger partial charge is 0.490 e. The van der Waals surface area contributed by atoms with Gasteiger partial charge in [-0.15, -0.1) is 0 Å². The van der Waals surface area contributed by atoms with Crippen molar-refractivity contribution < 1.29 is 14.2 Å². The van der Waals surface area contributed by atoms with Crippen molar-refractivity contribution in [3.05, 3.63) is 23.8 Å². The molecule has 0 bridgehead atoms. The van der Waals surface area contributed by atoms with Crippen molar-refractivity contribution in [3.8, 4) is 11.5 Å². The van der Waals surface area contributed by atoms with Gasteiger partial charge < -0.3 is 19.5 Å². The molecule has 0 saturated carbocycles. The second-order valence-corrected chi connectivity index (χ2v) is 4.75. The highest BCUT2D eigenvalue weighted by Gasteiger charge is 2.10. The fourth-order valence-electron chi connectivity index (χ4n) is 2.01. The van der Waals surface area contributed by atoms with Crippen LogP contribution in [0.3, 0.4) is 0 Å². The summed E-state index contributed by atoms with van der Waals surface area (Å²) in [6, 6.07) is 6.06. The maximum Gasteiger partial charge on any atom is 0.165 e. The third-order valence-electron chi connectivity index (χ3n) is 2.99. The first kappa shape index (κ1) is 17.8. The lowest BCUT2D eigenvalue weighted by molar-refractivity contribution is 0.129. The summed E-state index contributed by atoms with van der Waals surface area (Å²) in [6.07, 6.45) is 2.01. The fourth-order valence-corrected chi connectivity index (χ4v) is 2.01. The highest BCUT2D eigenvalue weighted by atomic mass is 16.5. The maximum atomic E-state index is 5.95. The fraction of sp³-hybridized carbons (Fsp3) is 0.647. The Hall–Kier alpha value is -1.26. The first-order chi connectivity index (χ1) is 10.3. The van der Waals surface area contributed by atoms with Crippen LogP contribution < -0.4 is 14.8 Å². The van der Waals surface area contributed by atoms with Crippen LogP contribution in [-0.4, -0.2) is 33.0 Å². The van der Waals surface area contributed by atoms with Gasteiger partial charge >= 0.3 is 0 Å². The molecule has 4 heteroatoms. The molecular formula is C17H29NO3. The minimum absolute atomic E-state index is 0.640. The van der Waals surface area contributed by atoms with Crippen molar-refractivity contribution in [2.45, 2.75) is 40.2 Å². The number of nitrogens with one attached hydrogen (secondary N) is 1. The normalized spacial score (nSPS) is 10.6. The molecule has 1 aromatic rings. The molecule has 0 aliphatic carbocycles. The Balaban J connectivity index is 2.64. The summed E-state index contributed by atoms with van der Waals surface area (Å²) < 4.78 is 17.0. The van der Waals surface area contributed by atoms with Crippen LogP contribution >= 0.6 is 0 Å². The molecule has 0 aromatic heterocycles. The Morgan fingerprint density at radius 1 is 1.00 bits per heavy atom. The summed E-state index contributed by atoms with van der Waals surface area (Å²) in [4.78, 5) is 0. The van der Waals surface area contributed by atoms with Crippen LogP contribution in [0, 0.1) is 0 Å². The predicted molar refractivity (Wildman–Crippen MR) is 86.2 cm³/mol. The van der Waals surface area contributed by atoms with Gasteiger partial charge in [-0.25, -0.2) is 0 Å². The molecule has 1 rings (SSSR count). The van der Waals surface area contributed by atoms with E-state index in [0.29, 0.717) is 13.2 Å². The van der Waals surface area contributed by atoms with Gasteiger partial charge in [0.15, 0.2) is 11.5 Å². The van der Waals surface area contributed by atoms with Crippen molar-refractivity contribution in [2.75, 3.05) is 33.0 Å². The van der Waals surface area contributed by atoms with E-state index in [1.54, 1.807) is 0 Å². The predicted octanol–water partition coefficient (Wildman–Crippen LogP) is 3.39. The van der Waals surface area contributed by atoms with E-state index in [-0.39, 0.29) is 0 Å². The second kappa shape index (κ2) is 11.4. The minimum Gasteiger partial charge on any atom is -0.490 e. The molecule has 0 unspecified atom stereocenters. The molecule has 1 N–H and O–H groups in total. The average molecular weight is 295 g/mol. The third-order valence-corrected chi connectivity index (χ3v) is 2.99. The lowest BCUT2D eigenvalue weighted by Gasteiger charge is -2.16. The SMILES string of the molecule is CCCNCc1cccc(OCC)c1OCCCOCC. The lowest BCUT2D eigenvalue weighted by Crippen LogP contribution is -2.15. The lowest BCUT2D eigenvalue weighted by atomic mass is 10.2. The van der Waals surface area contributed by atoms with Crippen LogP contribution in [-0.2, 0) is 11.3 Å². The zero-order chi connectivity index (χ0) is 15.3. The molecule has 0 radical (unpaired) electrons. The molecule has 21 heavy (non-hydrogen) atoms. The first-order valence-electron chi connectivity index (χ1n) is 7.99. The van der Waals surface area contributed by atoms with Crippen molar-refractivity contribution in [1.29, 1.82) is 0 Å². The van der Waals surface area contributed by atoms with Crippen molar-refractivity contribution in [1.82, 2.24) is 5.32 Å². The molecule has 0 aliphatic rings. The molecule has 0 heterocycles. The number of rotatable bonds is 12. The van der Waals surface area contributed by atoms with E-state index >= 15 is 0 Å². The first-order valence-corrected chi connectivity index (χ1v) is 7.99. The number of hydrogen-bond donors (Lipinski definition) is 1. The molecule has 120 valence electrons. The van der Waals surface area contributed by atoms with Gasteiger partial charge in [0.25, 0.3) is 0 Å². The molecule has 0 fully saturated rings. The third kappa shape index (κ3) is 6.82. The van der Waals surface area contributed by atoms with Crippen molar-refractivity contribution in [2.24, 2.45) is 0 Å². The molecule has 4 nitrogen and oxygen atoms in total. The monoisotopic (exact) mass is 295 g/mol. The van der Waals surface area contributed by atoms with E-state index in [2.05, 4.69) is 18.3 Å². The number of benzene rings is 1. The number of hydrogen-bond acceptors (Lipinski definition) is 4. The van der Waals surface area contributed by atoms with Gasteiger partial charge in [-0.05, 0) is 32.9 Å². The van der Waals surface area contributed by atoms with Crippen molar-refractivity contribution in [3.63, 3.8) is 0 Å². The summed E-state index contributed by atoms with van der Waals surface area (Å²) in [5.74, 6) is 1.68. The Labute approximate surface area is 128 Å². The molecular weight excluding hydrogens is 266 g/mol. The van der Waals surface area contributed by atoms with Gasteiger partial charge in [-0.3, -0.25) is 0 Å². The molecule has 0 spiro atoms. The number of ether oxygens (including phenoxy) is 3. The van der Waals surface area contributed by atoms with E-state index < -0.39 is 0 Å². The van der Waals surface area contributed by atoms with Crippen LogP contribution in [0.1, 0.15) is 39.2 Å². The Morgan fingerprint density at radius 3 is 2.57 bits per heavy atom. The Bertz CT molecular complexity index is 382. The van der Waals surface area contributed by atoms with Crippen LogP contribution in [0.2, 0.25) is 0 Å². The highest BCUT2D eigenvalue weighted by Crippen LogP contribution is 2.31. The molecule has 0 atom stereocenters. The Kier molecular flexibility index (Phi) is 9.66. The van der Waals surface area contributed by atoms with Crippen LogP contribution in [0.15, 0.2) is 18.2 Å². The van der Waals surface area contributed by atoms with Crippen LogP contribution in [0.4, 0.5) is 0 Å². The summed E-state index contributed by atoms with van der Waals surface area (Å²) >= 11 is 0. The van der Waals surface area contributed by atoms with E-state index in [9.17, 15) is 0 Å². The topological polar surface area (TPSA) is 39.7 Å². The van der Waals surface area contributed by atoms with Gasteiger partial charge in [-0.1, -0.05) is 19.1 Å². The molecule has 1 aromatic carbocycles. The zero-order valence-electron chi connectivity index (χ0n) is 13.6. The van der Waals surface area contributed by atoms with E-state index in [0.717, 1.165) is 56.2 Å². The number of para-hydroxylation sites is 1. The highest BCUT2D eigenvalue weighted by molar-refractivity contribution is 5.46.